The van der Waals surface area contributed by atoms with Crippen molar-refractivity contribution < 1.29 is 9.59 Å². The lowest BCUT2D eigenvalue weighted by molar-refractivity contribution is -0.124. The molecule has 0 rings (SSSR count). The molecule has 0 radical (unpaired) electrons. The average molecular weight is 260 g/mol. The lowest BCUT2D eigenvalue weighted by Gasteiger charge is -2.17. The van der Waals surface area contributed by atoms with Gasteiger partial charge in [-0.05, 0) is 0 Å². The molecule has 4 nitrogen and oxygen atoms in total. The number of thioether (sulfide) groups is 1. The van der Waals surface area contributed by atoms with Gasteiger partial charge in [-0.25, -0.2) is 0 Å². The second kappa shape index (κ2) is 7.58. The Morgan fingerprint density at radius 3 is 2.12 bits per heavy atom. The van der Waals surface area contributed by atoms with E-state index in [1.54, 1.807) is 11.8 Å². The van der Waals surface area contributed by atoms with Crippen LogP contribution in [0.15, 0.2) is 0 Å². The van der Waals surface area contributed by atoms with Crippen LogP contribution in [0.25, 0.3) is 0 Å². The van der Waals surface area contributed by atoms with Crippen molar-refractivity contribution in [1.29, 1.82) is 0 Å². The Morgan fingerprint density at radius 1 is 1.12 bits per heavy atom. The fourth-order valence-corrected chi connectivity index (χ4v) is 1.59. The zero-order valence-corrected chi connectivity index (χ0v) is 12.2. The molecule has 2 N–H and O–H groups in total. The molecule has 0 unspecified atom stereocenters. The first-order valence-electron chi connectivity index (χ1n) is 5.91. The van der Waals surface area contributed by atoms with Gasteiger partial charge >= 0.3 is 0 Å². The van der Waals surface area contributed by atoms with Crippen molar-refractivity contribution in [2.75, 3.05) is 18.8 Å². The molecule has 0 fully saturated rings. The summed E-state index contributed by atoms with van der Waals surface area (Å²) in [6, 6.07) is 0. The molecule has 2 amide bonds. The molecular weight excluding hydrogens is 236 g/mol. The third kappa shape index (κ3) is 10.2. The highest BCUT2D eigenvalue weighted by Gasteiger charge is 2.13. The molecule has 0 aromatic carbocycles. The van der Waals surface area contributed by atoms with Crippen LogP contribution in [0.4, 0.5) is 0 Å². The fraction of sp³-hybridized carbons (Fsp3) is 0.833. The van der Waals surface area contributed by atoms with Crippen molar-refractivity contribution in [2.45, 2.75) is 39.4 Å². The van der Waals surface area contributed by atoms with Crippen molar-refractivity contribution in [3.05, 3.63) is 0 Å². The second-order valence-corrected chi connectivity index (χ2v) is 7.00. The van der Waals surface area contributed by atoms with E-state index >= 15 is 0 Å². The maximum atomic E-state index is 11.4. The number of amides is 2. The van der Waals surface area contributed by atoms with E-state index in [2.05, 4.69) is 31.4 Å². The van der Waals surface area contributed by atoms with Crippen LogP contribution in [0, 0.1) is 5.92 Å². The van der Waals surface area contributed by atoms with Crippen LogP contribution >= 0.6 is 11.8 Å². The molecule has 0 saturated carbocycles. The molecular formula is C12H24N2O2S. The Kier molecular flexibility index (Phi) is 7.27. The monoisotopic (exact) mass is 260 g/mol. The lowest BCUT2D eigenvalue weighted by Crippen LogP contribution is -2.37. The lowest BCUT2D eigenvalue weighted by atomic mass is 10.2. The normalized spacial score (nSPS) is 11.4. The van der Waals surface area contributed by atoms with Crippen LogP contribution in [0.1, 0.15) is 34.6 Å². The Morgan fingerprint density at radius 2 is 1.65 bits per heavy atom. The Hall–Kier alpha value is -0.710. The minimum Gasteiger partial charge on any atom is -0.354 e. The summed E-state index contributed by atoms with van der Waals surface area (Å²) in [5.74, 6) is 0.482. The van der Waals surface area contributed by atoms with Gasteiger partial charge in [0.2, 0.25) is 11.8 Å². The average Bonchev–Trinajstić information content (AvgIpc) is 2.20. The van der Waals surface area contributed by atoms with Gasteiger partial charge in [0.25, 0.3) is 0 Å². The summed E-state index contributed by atoms with van der Waals surface area (Å²) in [5, 5.41) is 5.52. The smallest absolute Gasteiger partial charge is 0.230 e. The first kappa shape index (κ1) is 16.3. The van der Waals surface area contributed by atoms with Crippen LogP contribution < -0.4 is 10.6 Å². The van der Waals surface area contributed by atoms with E-state index in [1.165, 1.54) is 0 Å². The third-order valence-corrected chi connectivity index (χ3v) is 3.18. The summed E-state index contributed by atoms with van der Waals surface area (Å²) in [7, 11) is 0. The van der Waals surface area contributed by atoms with Crippen molar-refractivity contribution in [2.24, 2.45) is 5.92 Å². The number of nitrogens with one attached hydrogen (secondary N) is 2. The molecule has 0 heterocycles. The minimum absolute atomic E-state index is 0.0119. The number of hydrogen-bond donors (Lipinski definition) is 2. The third-order valence-electron chi connectivity index (χ3n) is 1.91. The molecule has 0 spiro atoms. The molecule has 0 aliphatic rings. The molecule has 0 atom stereocenters. The summed E-state index contributed by atoms with van der Waals surface area (Å²) >= 11 is 1.61. The highest BCUT2D eigenvalue weighted by molar-refractivity contribution is 8.01. The number of carbonyl (C=O) groups excluding carboxylic acids is 2. The molecule has 100 valence electrons. The predicted octanol–water partition coefficient (Wildman–Crippen LogP) is 1.41. The highest BCUT2D eigenvalue weighted by atomic mass is 32.2. The highest BCUT2D eigenvalue weighted by Crippen LogP contribution is 2.22. The predicted molar refractivity (Wildman–Crippen MR) is 73.1 cm³/mol. The van der Waals surface area contributed by atoms with Gasteiger partial charge in [-0.3, -0.25) is 9.59 Å². The molecule has 0 aromatic heterocycles. The number of carbonyl (C=O) groups is 2. The van der Waals surface area contributed by atoms with Crippen molar-refractivity contribution >= 4 is 23.6 Å². The van der Waals surface area contributed by atoms with E-state index < -0.39 is 0 Å². The van der Waals surface area contributed by atoms with Gasteiger partial charge in [0.05, 0.1) is 5.75 Å². The van der Waals surface area contributed by atoms with Crippen molar-refractivity contribution in [3.8, 4) is 0 Å². The first-order valence-corrected chi connectivity index (χ1v) is 6.89. The van der Waals surface area contributed by atoms with E-state index in [9.17, 15) is 9.59 Å². The van der Waals surface area contributed by atoms with Crippen LogP contribution in [0.2, 0.25) is 0 Å². The molecule has 0 aromatic rings. The van der Waals surface area contributed by atoms with E-state index in [0.29, 0.717) is 18.8 Å². The molecule has 0 aliphatic heterocycles. The van der Waals surface area contributed by atoms with Crippen LogP contribution in [-0.2, 0) is 9.59 Å². The van der Waals surface area contributed by atoms with Gasteiger partial charge in [-0.2, -0.15) is 0 Å². The molecule has 0 saturated heterocycles. The number of rotatable bonds is 6. The van der Waals surface area contributed by atoms with Crippen molar-refractivity contribution in [3.63, 3.8) is 0 Å². The van der Waals surface area contributed by atoms with Gasteiger partial charge in [-0.1, -0.05) is 34.6 Å². The second-order valence-electron chi connectivity index (χ2n) is 5.20. The van der Waals surface area contributed by atoms with Gasteiger partial charge in [0.1, 0.15) is 0 Å². The van der Waals surface area contributed by atoms with Gasteiger partial charge in [0, 0.05) is 23.8 Å². The van der Waals surface area contributed by atoms with Gasteiger partial charge in [0.15, 0.2) is 0 Å². The van der Waals surface area contributed by atoms with E-state index in [4.69, 9.17) is 0 Å². The number of hydrogen-bond acceptors (Lipinski definition) is 3. The standard InChI is InChI=1S/C12H24N2O2S/c1-9(2)11(16)14-7-6-13-10(15)8-17-12(3,4)5/h9H,6-8H2,1-5H3,(H,13,15)(H,14,16). The van der Waals surface area contributed by atoms with Gasteiger partial charge < -0.3 is 10.6 Å². The van der Waals surface area contributed by atoms with E-state index in [1.807, 2.05) is 13.8 Å². The summed E-state index contributed by atoms with van der Waals surface area (Å²) in [4.78, 5) is 22.6. The zero-order valence-electron chi connectivity index (χ0n) is 11.4. The first-order chi connectivity index (χ1) is 7.72. The van der Waals surface area contributed by atoms with E-state index in [0.717, 1.165) is 0 Å². The molecule has 17 heavy (non-hydrogen) atoms. The van der Waals surface area contributed by atoms with E-state index in [-0.39, 0.29) is 22.5 Å². The molecule has 5 heteroatoms. The van der Waals surface area contributed by atoms with Crippen LogP contribution in [0.5, 0.6) is 0 Å². The van der Waals surface area contributed by atoms with Crippen LogP contribution in [-0.4, -0.2) is 35.4 Å². The summed E-state index contributed by atoms with van der Waals surface area (Å²) in [6.45, 7) is 10.9. The maximum Gasteiger partial charge on any atom is 0.230 e. The Balaban J connectivity index is 3.56. The molecule has 0 bridgehead atoms. The quantitative estimate of drug-likeness (QED) is 0.710. The largest absolute Gasteiger partial charge is 0.354 e. The summed E-state index contributed by atoms with van der Waals surface area (Å²) in [6.07, 6.45) is 0. The molecule has 0 aliphatic carbocycles. The van der Waals surface area contributed by atoms with Crippen molar-refractivity contribution in [1.82, 2.24) is 10.6 Å². The maximum absolute atomic E-state index is 11.4. The SMILES string of the molecule is CC(C)C(=O)NCCNC(=O)CSC(C)(C)C. The fourth-order valence-electron chi connectivity index (χ4n) is 0.925. The Bertz CT molecular complexity index is 260. The summed E-state index contributed by atoms with van der Waals surface area (Å²) < 4.78 is 0.100. The minimum atomic E-state index is -0.0119. The summed E-state index contributed by atoms with van der Waals surface area (Å²) in [5.41, 5.74) is 0. The van der Waals surface area contributed by atoms with Gasteiger partial charge in [-0.15, -0.1) is 11.8 Å². The van der Waals surface area contributed by atoms with Crippen LogP contribution in [0.3, 0.4) is 0 Å². The zero-order chi connectivity index (χ0) is 13.5. The topological polar surface area (TPSA) is 58.2 Å². The Labute approximate surface area is 108 Å².